The molecule has 1 unspecified atom stereocenters. The van der Waals surface area contributed by atoms with Gasteiger partial charge in [-0.2, -0.15) is 15.3 Å². The number of aromatic nitrogens is 2. The van der Waals surface area contributed by atoms with E-state index >= 15 is 0 Å². The number of rotatable bonds is 2. The summed E-state index contributed by atoms with van der Waals surface area (Å²) in [5.41, 5.74) is -1.53. The van der Waals surface area contributed by atoms with E-state index in [1.807, 2.05) is 0 Å². The summed E-state index contributed by atoms with van der Waals surface area (Å²) in [4.78, 5) is 11.9. The Labute approximate surface area is 97.5 Å². The Morgan fingerprint density at radius 1 is 1.59 bits per heavy atom. The first-order valence-electron chi connectivity index (χ1n) is 5.06. The molecule has 0 radical (unpaired) electrons. The number of hydrazone groups is 1. The van der Waals surface area contributed by atoms with Crippen LogP contribution >= 0.6 is 0 Å². The van der Waals surface area contributed by atoms with Crippen LogP contribution in [0.1, 0.15) is 6.92 Å². The number of amides is 1. The van der Waals surface area contributed by atoms with Crippen LogP contribution in [0.2, 0.25) is 0 Å². The lowest BCUT2D eigenvalue weighted by Crippen LogP contribution is -2.46. The van der Waals surface area contributed by atoms with Crippen LogP contribution in [0.3, 0.4) is 0 Å². The largest absolute Gasteiger partial charge is 0.321 e. The predicted molar refractivity (Wildman–Crippen MR) is 60.2 cm³/mol. The number of hydrogen-bond donors (Lipinski definition) is 1. The minimum absolute atomic E-state index is 0.0802. The highest BCUT2D eigenvalue weighted by Gasteiger charge is 2.47. The van der Waals surface area contributed by atoms with Gasteiger partial charge in [0.25, 0.3) is 5.91 Å². The second-order valence-corrected chi connectivity index (χ2v) is 3.89. The number of nitrogens with one attached hydrogen (secondary N) is 1. The fourth-order valence-electron chi connectivity index (χ4n) is 1.63. The van der Waals surface area contributed by atoms with Gasteiger partial charge in [0, 0.05) is 7.05 Å². The number of alkyl halides is 1. The van der Waals surface area contributed by atoms with Gasteiger partial charge in [-0.15, -0.1) is 0 Å². The molecule has 90 valence electrons. The molecule has 0 aliphatic carbocycles. The maximum absolute atomic E-state index is 14.4. The number of hydrogen-bond acceptors (Lipinski definition) is 5. The molecule has 0 spiro atoms. The van der Waals surface area contributed by atoms with Crippen molar-refractivity contribution in [2.24, 2.45) is 5.10 Å². The second-order valence-electron chi connectivity index (χ2n) is 3.89. The summed E-state index contributed by atoms with van der Waals surface area (Å²) in [7, 11) is 1.62. The first kappa shape index (κ1) is 11.4. The van der Waals surface area contributed by atoms with Gasteiger partial charge in [0.2, 0.25) is 5.67 Å². The van der Waals surface area contributed by atoms with Crippen molar-refractivity contribution in [3.8, 4) is 0 Å². The molecular formula is C10H12FN5O. The zero-order valence-electron chi connectivity index (χ0n) is 9.51. The van der Waals surface area contributed by atoms with E-state index in [0.717, 1.165) is 0 Å². The Morgan fingerprint density at radius 2 is 2.35 bits per heavy atom. The minimum atomic E-state index is -2.09. The molecule has 1 atom stereocenters. The highest BCUT2D eigenvalue weighted by molar-refractivity contribution is 6.16. The molecule has 0 aromatic carbocycles. The standard InChI is InChI=1S/C10H12FN5O/c1-7-10(11,6-16(2)15-7)9(17)14-8-3-4-12-13-5-8/h3-5H,6H2,1-2H3,(H,12,14,17). The number of carbonyl (C=O) groups is 1. The molecule has 0 saturated carbocycles. The normalized spacial score (nSPS) is 23.5. The lowest BCUT2D eigenvalue weighted by Gasteiger charge is -2.19. The van der Waals surface area contributed by atoms with Crippen molar-refractivity contribution in [3.05, 3.63) is 18.5 Å². The third-order valence-corrected chi connectivity index (χ3v) is 2.54. The van der Waals surface area contributed by atoms with Gasteiger partial charge in [-0.05, 0) is 13.0 Å². The van der Waals surface area contributed by atoms with Crippen molar-refractivity contribution in [1.29, 1.82) is 0 Å². The summed E-state index contributed by atoms with van der Waals surface area (Å²) >= 11 is 0. The van der Waals surface area contributed by atoms with Crippen LogP contribution < -0.4 is 5.32 Å². The molecule has 2 heterocycles. The summed E-state index contributed by atoms with van der Waals surface area (Å²) in [6, 6.07) is 1.54. The summed E-state index contributed by atoms with van der Waals surface area (Å²) in [5.74, 6) is -0.740. The molecular weight excluding hydrogens is 225 g/mol. The Bertz CT molecular complexity index is 463. The lowest BCUT2D eigenvalue weighted by molar-refractivity contribution is -0.123. The van der Waals surface area contributed by atoms with Gasteiger partial charge in [0.1, 0.15) is 0 Å². The van der Waals surface area contributed by atoms with E-state index in [0.29, 0.717) is 5.69 Å². The predicted octanol–water partition coefficient (Wildman–Crippen LogP) is 0.445. The van der Waals surface area contributed by atoms with Crippen molar-refractivity contribution in [3.63, 3.8) is 0 Å². The number of nitrogens with zero attached hydrogens (tertiary/aromatic N) is 4. The summed E-state index contributed by atoms with van der Waals surface area (Å²) < 4.78 is 14.4. The van der Waals surface area contributed by atoms with Crippen LogP contribution in [0.5, 0.6) is 0 Å². The third kappa shape index (κ3) is 2.08. The summed E-state index contributed by atoms with van der Waals surface area (Å²) in [6.07, 6.45) is 2.77. The van der Waals surface area contributed by atoms with Crippen molar-refractivity contribution in [2.75, 3.05) is 18.9 Å². The number of carbonyl (C=O) groups excluding carboxylic acids is 1. The van der Waals surface area contributed by atoms with E-state index in [2.05, 4.69) is 20.6 Å². The Hall–Kier alpha value is -2.05. The van der Waals surface area contributed by atoms with Crippen LogP contribution in [0, 0.1) is 0 Å². The van der Waals surface area contributed by atoms with Gasteiger partial charge in [0.15, 0.2) is 0 Å². The Morgan fingerprint density at radius 3 is 2.88 bits per heavy atom. The minimum Gasteiger partial charge on any atom is -0.321 e. The zero-order valence-corrected chi connectivity index (χ0v) is 9.51. The van der Waals surface area contributed by atoms with Crippen molar-refractivity contribution in [1.82, 2.24) is 15.2 Å². The molecule has 1 aliphatic heterocycles. The number of anilines is 1. The fourth-order valence-corrected chi connectivity index (χ4v) is 1.63. The SMILES string of the molecule is CC1=NN(C)CC1(F)C(=O)Nc1ccnnc1. The molecule has 7 heteroatoms. The van der Waals surface area contributed by atoms with E-state index in [-0.39, 0.29) is 12.3 Å². The molecule has 1 N–H and O–H groups in total. The Kier molecular flexibility index (Phi) is 2.74. The van der Waals surface area contributed by atoms with E-state index in [1.165, 1.54) is 24.3 Å². The van der Waals surface area contributed by atoms with Crippen molar-refractivity contribution in [2.45, 2.75) is 12.6 Å². The second kappa shape index (κ2) is 4.08. The average molecular weight is 237 g/mol. The monoisotopic (exact) mass is 237 g/mol. The van der Waals surface area contributed by atoms with Gasteiger partial charge in [0.05, 0.1) is 30.3 Å². The van der Waals surface area contributed by atoms with E-state index in [9.17, 15) is 9.18 Å². The van der Waals surface area contributed by atoms with Gasteiger partial charge in [-0.3, -0.25) is 9.80 Å². The van der Waals surface area contributed by atoms with Crippen molar-refractivity contribution >= 4 is 17.3 Å². The first-order valence-corrected chi connectivity index (χ1v) is 5.06. The zero-order chi connectivity index (χ0) is 12.5. The van der Waals surface area contributed by atoms with Gasteiger partial charge < -0.3 is 5.32 Å². The van der Waals surface area contributed by atoms with Gasteiger partial charge >= 0.3 is 0 Å². The molecule has 1 aromatic rings. The van der Waals surface area contributed by atoms with Crippen LogP contribution in [0.15, 0.2) is 23.6 Å². The maximum Gasteiger partial charge on any atom is 0.270 e. The van der Waals surface area contributed by atoms with Crippen molar-refractivity contribution < 1.29 is 9.18 Å². The van der Waals surface area contributed by atoms with Crippen LogP contribution in [0.4, 0.5) is 10.1 Å². The fraction of sp³-hybridized carbons (Fsp3) is 0.400. The quantitative estimate of drug-likeness (QED) is 0.810. The average Bonchev–Trinajstić information content (AvgIpc) is 2.55. The number of halogens is 1. The molecule has 2 rings (SSSR count). The van der Waals surface area contributed by atoms with Crippen LogP contribution in [-0.2, 0) is 4.79 Å². The summed E-state index contributed by atoms with van der Waals surface area (Å²) in [5, 5.41) is 14.9. The smallest absolute Gasteiger partial charge is 0.270 e. The molecule has 1 aromatic heterocycles. The molecule has 17 heavy (non-hydrogen) atoms. The topological polar surface area (TPSA) is 70.5 Å². The van der Waals surface area contributed by atoms with E-state index in [4.69, 9.17) is 0 Å². The van der Waals surface area contributed by atoms with Gasteiger partial charge in [-0.1, -0.05) is 0 Å². The molecule has 1 aliphatic rings. The van der Waals surface area contributed by atoms with Crippen LogP contribution in [0.25, 0.3) is 0 Å². The molecule has 6 nitrogen and oxygen atoms in total. The summed E-state index contributed by atoms with van der Waals surface area (Å²) in [6.45, 7) is 1.41. The Balaban J connectivity index is 2.14. The molecule has 0 saturated heterocycles. The highest BCUT2D eigenvalue weighted by atomic mass is 19.1. The highest BCUT2D eigenvalue weighted by Crippen LogP contribution is 2.23. The first-order chi connectivity index (χ1) is 8.02. The lowest BCUT2D eigenvalue weighted by atomic mass is 10.0. The maximum atomic E-state index is 14.4. The molecule has 0 bridgehead atoms. The van der Waals surface area contributed by atoms with E-state index < -0.39 is 11.6 Å². The molecule has 0 fully saturated rings. The van der Waals surface area contributed by atoms with E-state index in [1.54, 1.807) is 13.1 Å². The molecule has 1 amide bonds. The van der Waals surface area contributed by atoms with Crippen LogP contribution in [-0.4, -0.2) is 46.1 Å². The third-order valence-electron chi connectivity index (χ3n) is 2.54. The van der Waals surface area contributed by atoms with Gasteiger partial charge in [-0.25, -0.2) is 4.39 Å².